The summed E-state index contributed by atoms with van der Waals surface area (Å²) < 4.78 is 0. The van der Waals surface area contributed by atoms with E-state index >= 15 is 0 Å². The van der Waals surface area contributed by atoms with Crippen molar-refractivity contribution in [2.24, 2.45) is 17.8 Å². The zero-order chi connectivity index (χ0) is 15.7. The van der Waals surface area contributed by atoms with Crippen LogP contribution in [0.15, 0.2) is 24.3 Å². The number of non-ortho nitro benzene ring substituents is 1. The van der Waals surface area contributed by atoms with Gasteiger partial charge in [-0.25, -0.2) is 0 Å². The topological polar surface area (TPSA) is 67.2 Å². The van der Waals surface area contributed by atoms with Crippen LogP contribution in [-0.2, 0) is 0 Å². The molecule has 118 valence electrons. The van der Waals surface area contributed by atoms with Crippen molar-refractivity contribution in [1.82, 2.24) is 5.32 Å². The summed E-state index contributed by atoms with van der Waals surface area (Å²) in [5, 5.41) is 17.7. The molecular formula is C16H21N3O2S. The number of benzene rings is 1. The smallest absolute Gasteiger partial charge is 0.269 e. The molecule has 0 amide bonds. The highest BCUT2D eigenvalue weighted by molar-refractivity contribution is 7.80. The molecule has 0 aliphatic heterocycles. The lowest BCUT2D eigenvalue weighted by Gasteiger charge is -2.29. The van der Waals surface area contributed by atoms with Crippen molar-refractivity contribution in [1.29, 1.82) is 0 Å². The molecule has 2 aliphatic rings. The van der Waals surface area contributed by atoms with Crippen LogP contribution in [0, 0.1) is 27.9 Å². The molecule has 0 radical (unpaired) electrons. The van der Waals surface area contributed by atoms with E-state index in [1.165, 1.54) is 37.8 Å². The molecule has 2 saturated carbocycles. The molecule has 4 atom stereocenters. The predicted molar refractivity (Wildman–Crippen MR) is 90.9 cm³/mol. The SMILES string of the molecule is C[C@@H](NC(=S)Nc1ccc([N+](=O)[O-])cc1)[C@H]1C[C@H]2CC[C@H]1C2. The minimum absolute atomic E-state index is 0.0831. The number of thiocarbonyl (C=S) groups is 1. The van der Waals surface area contributed by atoms with E-state index in [4.69, 9.17) is 12.2 Å². The fraction of sp³-hybridized carbons (Fsp3) is 0.562. The summed E-state index contributed by atoms with van der Waals surface area (Å²) in [7, 11) is 0. The van der Waals surface area contributed by atoms with Crippen LogP contribution < -0.4 is 10.6 Å². The number of fused-ring (bicyclic) bond motifs is 2. The van der Waals surface area contributed by atoms with Crippen LogP contribution in [0.4, 0.5) is 11.4 Å². The maximum atomic E-state index is 10.6. The zero-order valence-electron chi connectivity index (χ0n) is 12.6. The lowest BCUT2D eigenvalue weighted by molar-refractivity contribution is -0.384. The average molecular weight is 319 g/mol. The molecule has 0 unspecified atom stereocenters. The predicted octanol–water partition coefficient (Wildman–Crippen LogP) is 3.71. The van der Waals surface area contributed by atoms with E-state index in [1.807, 2.05) is 0 Å². The fourth-order valence-electron chi connectivity index (χ4n) is 4.05. The van der Waals surface area contributed by atoms with Crippen molar-refractivity contribution >= 4 is 28.7 Å². The molecule has 0 heterocycles. The maximum absolute atomic E-state index is 10.6. The molecule has 0 aromatic heterocycles. The molecule has 1 aromatic carbocycles. The largest absolute Gasteiger partial charge is 0.360 e. The minimum Gasteiger partial charge on any atom is -0.360 e. The van der Waals surface area contributed by atoms with Crippen LogP contribution in [0.3, 0.4) is 0 Å². The van der Waals surface area contributed by atoms with Crippen LogP contribution >= 0.6 is 12.2 Å². The standard InChI is InChI=1S/C16H21N3O2S/c1-10(15-9-11-2-3-12(15)8-11)17-16(22)18-13-4-6-14(7-5-13)19(20)21/h4-7,10-12,15H,2-3,8-9H2,1H3,(H2,17,18,22)/t10-,11+,12+,15-/m1/s1. The summed E-state index contributed by atoms with van der Waals surface area (Å²) >= 11 is 5.36. The lowest BCUT2D eigenvalue weighted by atomic mass is 9.84. The van der Waals surface area contributed by atoms with Gasteiger partial charge in [0, 0.05) is 23.9 Å². The van der Waals surface area contributed by atoms with Gasteiger partial charge in [-0.3, -0.25) is 10.1 Å². The molecular weight excluding hydrogens is 298 g/mol. The van der Waals surface area contributed by atoms with Gasteiger partial charge in [0.25, 0.3) is 5.69 Å². The number of nitro benzene ring substituents is 1. The molecule has 0 spiro atoms. The number of nitrogens with zero attached hydrogens (tertiary/aromatic N) is 1. The summed E-state index contributed by atoms with van der Waals surface area (Å²) in [4.78, 5) is 10.2. The first-order valence-electron chi connectivity index (χ1n) is 7.85. The van der Waals surface area contributed by atoms with Gasteiger partial charge in [-0.1, -0.05) is 6.42 Å². The van der Waals surface area contributed by atoms with Gasteiger partial charge in [0.1, 0.15) is 0 Å². The molecule has 5 nitrogen and oxygen atoms in total. The number of nitro groups is 1. The first-order valence-corrected chi connectivity index (χ1v) is 8.25. The van der Waals surface area contributed by atoms with Gasteiger partial charge in [0.05, 0.1) is 4.92 Å². The third-order valence-electron chi connectivity index (χ3n) is 5.13. The van der Waals surface area contributed by atoms with E-state index < -0.39 is 4.92 Å². The van der Waals surface area contributed by atoms with E-state index in [0.29, 0.717) is 11.2 Å². The highest BCUT2D eigenvalue weighted by atomic mass is 32.1. The van der Waals surface area contributed by atoms with Crippen molar-refractivity contribution in [2.45, 2.75) is 38.6 Å². The number of hydrogen-bond donors (Lipinski definition) is 2. The molecule has 2 fully saturated rings. The Morgan fingerprint density at radius 1 is 1.32 bits per heavy atom. The van der Waals surface area contributed by atoms with Gasteiger partial charge in [-0.05, 0) is 68.3 Å². The Hall–Kier alpha value is -1.69. The van der Waals surface area contributed by atoms with Crippen molar-refractivity contribution < 1.29 is 4.92 Å². The van der Waals surface area contributed by atoms with Crippen molar-refractivity contribution in [3.63, 3.8) is 0 Å². The van der Waals surface area contributed by atoms with E-state index in [9.17, 15) is 10.1 Å². The number of nitrogens with one attached hydrogen (secondary N) is 2. The van der Waals surface area contributed by atoms with Crippen LogP contribution in [0.25, 0.3) is 0 Å². The Balaban J connectivity index is 1.52. The van der Waals surface area contributed by atoms with Crippen LogP contribution in [0.2, 0.25) is 0 Å². The first-order chi connectivity index (χ1) is 10.5. The summed E-state index contributed by atoms with van der Waals surface area (Å²) in [5.41, 5.74) is 0.850. The summed E-state index contributed by atoms with van der Waals surface area (Å²) in [6.07, 6.45) is 5.47. The van der Waals surface area contributed by atoms with Gasteiger partial charge >= 0.3 is 0 Å². The fourth-order valence-corrected chi connectivity index (χ4v) is 4.36. The number of anilines is 1. The summed E-state index contributed by atoms with van der Waals surface area (Å²) in [5.74, 6) is 2.50. The van der Waals surface area contributed by atoms with Gasteiger partial charge in [-0.15, -0.1) is 0 Å². The van der Waals surface area contributed by atoms with E-state index in [1.54, 1.807) is 12.1 Å². The van der Waals surface area contributed by atoms with Crippen molar-refractivity contribution in [3.05, 3.63) is 34.4 Å². The lowest BCUT2D eigenvalue weighted by Crippen LogP contribution is -2.42. The molecule has 1 aromatic rings. The monoisotopic (exact) mass is 319 g/mol. The first kappa shape index (κ1) is 15.2. The van der Waals surface area contributed by atoms with Crippen LogP contribution in [0.1, 0.15) is 32.6 Å². The maximum Gasteiger partial charge on any atom is 0.269 e. The Labute approximate surface area is 135 Å². The van der Waals surface area contributed by atoms with Gasteiger partial charge in [-0.2, -0.15) is 0 Å². The zero-order valence-corrected chi connectivity index (χ0v) is 13.4. The highest BCUT2D eigenvalue weighted by Crippen LogP contribution is 2.49. The summed E-state index contributed by atoms with van der Waals surface area (Å²) in [6.45, 7) is 2.20. The third-order valence-corrected chi connectivity index (χ3v) is 5.35. The van der Waals surface area contributed by atoms with Crippen molar-refractivity contribution in [3.8, 4) is 0 Å². The second-order valence-corrected chi connectivity index (χ2v) is 6.94. The summed E-state index contributed by atoms with van der Waals surface area (Å²) in [6, 6.07) is 6.67. The average Bonchev–Trinajstić information content (AvgIpc) is 3.10. The Morgan fingerprint density at radius 3 is 2.59 bits per heavy atom. The second kappa shape index (κ2) is 6.20. The van der Waals surface area contributed by atoms with E-state index in [-0.39, 0.29) is 5.69 Å². The van der Waals surface area contributed by atoms with Crippen LogP contribution in [0.5, 0.6) is 0 Å². The van der Waals surface area contributed by atoms with Gasteiger partial charge in [0.2, 0.25) is 0 Å². The Morgan fingerprint density at radius 2 is 2.05 bits per heavy atom. The highest BCUT2D eigenvalue weighted by Gasteiger charge is 2.41. The number of hydrogen-bond acceptors (Lipinski definition) is 3. The molecule has 3 rings (SSSR count). The van der Waals surface area contributed by atoms with E-state index in [2.05, 4.69) is 17.6 Å². The number of rotatable bonds is 4. The molecule has 2 aliphatic carbocycles. The second-order valence-electron chi connectivity index (χ2n) is 6.53. The van der Waals surface area contributed by atoms with Gasteiger partial charge in [0.15, 0.2) is 5.11 Å². The van der Waals surface area contributed by atoms with Gasteiger partial charge < -0.3 is 10.6 Å². The third kappa shape index (κ3) is 3.21. The minimum atomic E-state index is -0.405. The van der Waals surface area contributed by atoms with Crippen LogP contribution in [-0.4, -0.2) is 16.1 Å². The molecule has 0 saturated heterocycles. The molecule has 6 heteroatoms. The van der Waals surface area contributed by atoms with E-state index in [0.717, 1.165) is 23.4 Å². The molecule has 22 heavy (non-hydrogen) atoms. The molecule has 2 bridgehead atoms. The Kier molecular flexibility index (Phi) is 4.29. The quantitative estimate of drug-likeness (QED) is 0.503. The molecule has 2 N–H and O–H groups in total. The Bertz CT molecular complexity index is 575. The van der Waals surface area contributed by atoms with Crippen molar-refractivity contribution in [2.75, 3.05) is 5.32 Å². The normalized spacial score (nSPS) is 27.4.